The lowest BCUT2D eigenvalue weighted by atomic mass is 10.0. The van der Waals surface area contributed by atoms with Crippen LogP contribution in [0.2, 0.25) is 0 Å². The molecule has 1 N–H and O–H groups in total. The van der Waals surface area contributed by atoms with Gasteiger partial charge in [-0.25, -0.2) is 0 Å². The number of halogens is 1. The molecule has 1 aromatic heterocycles. The van der Waals surface area contributed by atoms with Crippen molar-refractivity contribution in [1.82, 2.24) is 10.5 Å². The van der Waals surface area contributed by atoms with E-state index in [9.17, 15) is 4.48 Å². The van der Waals surface area contributed by atoms with Crippen LogP contribution in [-0.4, -0.2) is 4.98 Å². The van der Waals surface area contributed by atoms with Crippen molar-refractivity contribution in [3.05, 3.63) is 54.4 Å². The predicted molar refractivity (Wildman–Crippen MR) is 57.6 cm³/mol. The summed E-state index contributed by atoms with van der Waals surface area (Å²) in [6, 6.07) is 11.6. The normalized spacial score (nSPS) is 10.2. The monoisotopic (exact) mass is 202 g/mol. The van der Waals surface area contributed by atoms with Gasteiger partial charge in [0, 0.05) is 12.4 Å². The Hall–Kier alpha value is -1.74. The van der Waals surface area contributed by atoms with E-state index in [1.54, 1.807) is 17.9 Å². The van der Waals surface area contributed by atoms with Gasteiger partial charge in [0.05, 0.1) is 6.54 Å². The smallest absolute Gasteiger partial charge is 0.0510 e. The fraction of sp³-hybridized carbons (Fsp3) is 0.0833. The highest BCUT2D eigenvalue weighted by atomic mass is 19.2. The van der Waals surface area contributed by atoms with Crippen molar-refractivity contribution in [2.24, 2.45) is 0 Å². The van der Waals surface area contributed by atoms with Crippen molar-refractivity contribution in [1.29, 1.82) is 0 Å². The Balaban J connectivity index is 2.33. The molecule has 1 heterocycles. The molecule has 0 amide bonds. The van der Waals surface area contributed by atoms with Gasteiger partial charge < -0.3 is 0 Å². The summed E-state index contributed by atoms with van der Waals surface area (Å²) in [7, 11) is 0. The second-order valence-corrected chi connectivity index (χ2v) is 3.25. The van der Waals surface area contributed by atoms with Crippen LogP contribution < -0.4 is 5.54 Å². The second kappa shape index (κ2) is 4.66. The third-order valence-electron chi connectivity index (χ3n) is 2.21. The summed E-state index contributed by atoms with van der Waals surface area (Å²) in [6.45, 7) is 0.235. The summed E-state index contributed by atoms with van der Waals surface area (Å²) in [5.74, 6) is 0. The average Bonchev–Trinajstić information content (AvgIpc) is 2.31. The van der Waals surface area contributed by atoms with Crippen molar-refractivity contribution in [3.8, 4) is 11.1 Å². The van der Waals surface area contributed by atoms with E-state index in [2.05, 4.69) is 4.98 Å². The van der Waals surface area contributed by atoms with Crippen LogP contribution in [0, 0.1) is 0 Å². The highest BCUT2D eigenvalue weighted by Gasteiger charge is 1.98. The van der Waals surface area contributed by atoms with E-state index in [1.807, 2.05) is 36.4 Å². The summed E-state index contributed by atoms with van der Waals surface area (Å²) in [5, 5.41) is 0. The molecule has 15 heavy (non-hydrogen) atoms. The van der Waals surface area contributed by atoms with E-state index in [1.165, 1.54) is 0 Å². The molecular weight excluding hydrogens is 191 g/mol. The van der Waals surface area contributed by atoms with Crippen molar-refractivity contribution >= 4 is 0 Å². The van der Waals surface area contributed by atoms with Gasteiger partial charge >= 0.3 is 0 Å². The maximum atomic E-state index is 12.0. The van der Waals surface area contributed by atoms with E-state index < -0.39 is 0 Å². The first-order valence-electron chi connectivity index (χ1n) is 4.73. The molecule has 0 spiro atoms. The number of aromatic nitrogens is 1. The molecule has 0 atom stereocenters. The first-order chi connectivity index (χ1) is 7.40. The molecule has 0 aliphatic heterocycles. The molecule has 0 bridgehead atoms. The Morgan fingerprint density at radius 1 is 1.07 bits per heavy atom. The lowest BCUT2D eigenvalue weighted by molar-refractivity contribution is 0.330. The predicted octanol–water partition coefficient (Wildman–Crippen LogP) is 2.72. The second-order valence-electron chi connectivity index (χ2n) is 3.25. The number of hydrogen-bond donors (Lipinski definition) is 1. The molecule has 2 rings (SSSR count). The van der Waals surface area contributed by atoms with Gasteiger partial charge in [-0.05, 0) is 34.9 Å². The van der Waals surface area contributed by atoms with Crippen LogP contribution in [0.15, 0.2) is 48.8 Å². The minimum atomic E-state index is 0.235. The molecule has 0 saturated heterocycles. The highest BCUT2D eigenvalue weighted by Crippen LogP contribution is 2.19. The number of hydrogen-bond acceptors (Lipinski definition) is 2. The van der Waals surface area contributed by atoms with Crippen molar-refractivity contribution in [2.45, 2.75) is 6.54 Å². The fourth-order valence-electron chi connectivity index (χ4n) is 1.48. The van der Waals surface area contributed by atoms with Crippen LogP contribution in [-0.2, 0) is 6.54 Å². The van der Waals surface area contributed by atoms with Gasteiger partial charge in [-0.2, -0.15) is 5.54 Å². The third-order valence-corrected chi connectivity index (χ3v) is 2.21. The van der Waals surface area contributed by atoms with Gasteiger partial charge in [-0.1, -0.05) is 18.2 Å². The Morgan fingerprint density at radius 2 is 1.87 bits per heavy atom. The number of nitrogens with zero attached hydrogens (tertiary/aromatic N) is 1. The van der Waals surface area contributed by atoms with Gasteiger partial charge in [-0.3, -0.25) is 4.98 Å². The minimum Gasteiger partial charge on any atom is -0.265 e. The molecule has 0 unspecified atom stereocenters. The van der Waals surface area contributed by atoms with Crippen molar-refractivity contribution in [2.75, 3.05) is 0 Å². The average molecular weight is 202 g/mol. The zero-order valence-electron chi connectivity index (χ0n) is 8.15. The number of nitrogens with one attached hydrogen (secondary N) is 1. The lowest BCUT2D eigenvalue weighted by Crippen LogP contribution is -1.99. The minimum absolute atomic E-state index is 0.235. The van der Waals surface area contributed by atoms with E-state index in [4.69, 9.17) is 0 Å². The van der Waals surface area contributed by atoms with E-state index >= 15 is 0 Å². The van der Waals surface area contributed by atoms with Crippen LogP contribution in [0.25, 0.3) is 11.1 Å². The van der Waals surface area contributed by atoms with Crippen molar-refractivity contribution < 1.29 is 4.48 Å². The topological polar surface area (TPSA) is 24.9 Å². The molecular formula is C12H11FN2. The summed E-state index contributed by atoms with van der Waals surface area (Å²) in [4.78, 5) is 3.96. The van der Waals surface area contributed by atoms with Gasteiger partial charge in [0.15, 0.2) is 0 Å². The van der Waals surface area contributed by atoms with E-state index in [0.717, 1.165) is 16.7 Å². The first-order valence-corrected chi connectivity index (χ1v) is 4.73. The Morgan fingerprint density at radius 3 is 2.60 bits per heavy atom. The van der Waals surface area contributed by atoms with Gasteiger partial charge in [-0.15, -0.1) is 4.48 Å². The summed E-state index contributed by atoms with van der Waals surface area (Å²) in [6.07, 6.45) is 3.49. The zero-order valence-corrected chi connectivity index (χ0v) is 8.15. The molecule has 0 radical (unpaired) electrons. The zero-order chi connectivity index (χ0) is 10.5. The molecule has 1 aromatic carbocycles. The van der Waals surface area contributed by atoms with Crippen LogP contribution in [0.4, 0.5) is 4.48 Å². The fourth-order valence-corrected chi connectivity index (χ4v) is 1.48. The van der Waals surface area contributed by atoms with Crippen LogP contribution in [0.1, 0.15) is 5.56 Å². The number of benzene rings is 1. The quantitative estimate of drug-likeness (QED) is 0.774. The molecule has 76 valence electrons. The van der Waals surface area contributed by atoms with E-state index in [0.29, 0.717) is 0 Å². The van der Waals surface area contributed by atoms with Gasteiger partial charge in [0.2, 0.25) is 0 Å². The van der Waals surface area contributed by atoms with Crippen LogP contribution >= 0.6 is 0 Å². The lowest BCUT2D eigenvalue weighted by Gasteiger charge is -2.03. The SMILES string of the molecule is FNCc1cccc(-c2ccncc2)c1. The van der Waals surface area contributed by atoms with Crippen LogP contribution in [0.5, 0.6) is 0 Å². The molecule has 2 nitrogen and oxygen atoms in total. The Bertz CT molecular complexity index is 429. The largest absolute Gasteiger partial charge is 0.265 e. The summed E-state index contributed by atoms with van der Waals surface area (Å²) >= 11 is 0. The molecule has 0 saturated carbocycles. The number of rotatable bonds is 3. The van der Waals surface area contributed by atoms with Gasteiger partial charge in [0.25, 0.3) is 0 Å². The molecule has 2 aromatic rings. The third kappa shape index (κ3) is 2.39. The molecule has 3 heteroatoms. The molecule has 0 fully saturated rings. The molecule has 0 aliphatic carbocycles. The summed E-state index contributed by atoms with van der Waals surface area (Å²) < 4.78 is 12.0. The van der Waals surface area contributed by atoms with Crippen LogP contribution in [0.3, 0.4) is 0 Å². The molecule has 0 aliphatic rings. The van der Waals surface area contributed by atoms with Gasteiger partial charge in [0.1, 0.15) is 0 Å². The Kier molecular flexibility index (Phi) is 3.05. The summed E-state index contributed by atoms with van der Waals surface area (Å²) in [5.41, 5.74) is 4.74. The Labute approximate surface area is 87.7 Å². The van der Waals surface area contributed by atoms with Crippen molar-refractivity contribution in [3.63, 3.8) is 0 Å². The van der Waals surface area contributed by atoms with E-state index in [-0.39, 0.29) is 6.54 Å². The highest BCUT2D eigenvalue weighted by molar-refractivity contribution is 5.63. The standard InChI is InChI=1S/C12H11FN2/c13-15-9-10-2-1-3-12(8-10)11-4-6-14-7-5-11/h1-8,15H,9H2. The maximum absolute atomic E-state index is 12.0. The number of pyridine rings is 1. The maximum Gasteiger partial charge on any atom is 0.0510 e. The first kappa shape index (κ1) is 9.80.